The Morgan fingerprint density at radius 2 is 1.94 bits per heavy atom. The lowest BCUT2D eigenvalue weighted by atomic mass is 10.0. The Balaban J connectivity index is 2.45. The van der Waals surface area contributed by atoms with Gasteiger partial charge in [0.25, 0.3) is 0 Å². The molecule has 5 heteroatoms. The molecular weight excluding hydrogens is 244 g/mol. The van der Waals surface area contributed by atoms with Gasteiger partial charge in [-0.3, -0.25) is 0 Å². The maximum Gasteiger partial charge on any atom is 0.134 e. The van der Waals surface area contributed by atoms with Crippen LogP contribution in [-0.2, 0) is 0 Å². The van der Waals surface area contributed by atoms with E-state index in [2.05, 4.69) is 0 Å². The number of methoxy groups -OCH3 is 1. The van der Waals surface area contributed by atoms with Crippen LogP contribution < -0.4 is 10.5 Å². The molecule has 1 aromatic carbocycles. The summed E-state index contributed by atoms with van der Waals surface area (Å²) >= 11 is 1.36. The van der Waals surface area contributed by atoms with Crippen molar-refractivity contribution in [3.8, 4) is 5.75 Å². The van der Waals surface area contributed by atoms with Crippen LogP contribution in [0.4, 0.5) is 8.78 Å². The zero-order valence-electron chi connectivity index (χ0n) is 9.11. The quantitative estimate of drug-likeness (QED) is 0.914. The lowest BCUT2D eigenvalue weighted by Gasteiger charge is -2.13. The van der Waals surface area contributed by atoms with Crippen molar-refractivity contribution in [3.05, 3.63) is 51.7 Å². The predicted octanol–water partition coefficient (Wildman–Crippen LogP) is 3.08. The van der Waals surface area contributed by atoms with Crippen molar-refractivity contribution >= 4 is 11.3 Å². The molecule has 1 atom stereocenters. The monoisotopic (exact) mass is 255 g/mol. The molecule has 0 unspecified atom stereocenters. The van der Waals surface area contributed by atoms with E-state index in [0.717, 1.165) is 12.1 Å². The molecule has 0 aliphatic heterocycles. The van der Waals surface area contributed by atoms with Crippen LogP contribution in [0, 0.1) is 11.6 Å². The molecule has 0 saturated carbocycles. The lowest BCUT2D eigenvalue weighted by Crippen LogP contribution is -2.14. The van der Waals surface area contributed by atoms with E-state index in [4.69, 9.17) is 10.5 Å². The molecule has 0 radical (unpaired) electrons. The van der Waals surface area contributed by atoms with Gasteiger partial charge in [0, 0.05) is 22.6 Å². The maximum atomic E-state index is 13.7. The highest BCUT2D eigenvalue weighted by Crippen LogP contribution is 2.30. The number of ether oxygens (including phenoxy) is 1. The number of hydrogen-bond acceptors (Lipinski definition) is 3. The normalized spacial score (nSPS) is 12.5. The number of hydrogen-bond donors (Lipinski definition) is 1. The van der Waals surface area contributed by atoms with Gasteiger partial charge in [-0.15, -0.1) is 11.3 Å². The first-order chi connectivity index (χ1) is 8.13. The minimum Gasteiger partial charge on any atom is -0.497 e. The Morgan fingerprint density at radius 1 is 1.29 bits per heavy atom. The molecule has 0 saturated heterocycles. The SMILES string of the molecule is COc1cc(F)c([C@@H](N)c2cccs2)c(F)c1. The average molecular weight is 255 g/mol. The molecule has 2 nitrogen and oxygen atoms in total. The second-order valence-electron chi connectivity index (χ2n) is 3.50. The fourth-order valence-corrected chi connectivity index (χ4v) is 2.32. The number of rotatable bonds is 3. The van der Waals surface area contributed by atoms with Crippen LogP contribution in [0.1, 0.15) is 16.5 Å². The van der Waals surface area contributed by atoms with Gasteiger partial charge >= 0.3 is 0 Å². The van der Waals surface area contributed by atoms with Crippen LogP contribution in [0.15, 0.2) is 29.6 Å². The molecule has 1 heterocycles. The third kappa shape index (κ3) is 2.30. The first-order valence-corrected chi connectivity index (χ1v) is 5.83. The number of thiophene rings is 1. The van der Waals surface area contributed by atoms with E-state index < -0.39 is 17.7 Å². The zero-order chi connectivity index (χ0) is 12.4. The van der Waals surface area contributed by atoms with Crippen LogP contribution in [-0.4, -0.2) is 7.11 Å². The molecule has 1 aromatic heterocycles. The highest BCUT2D eigenvalue weighted by molar-refractivity contribution is 7.10. The number of nitrogens with two attached hydrogens (primary N) is 1. The van der Waals surface area contributed by atoms with E-state index in [1.165, 1.54) is 18.4 Å². The Kier molecular flexibility index (Phi) is 3.40. The van der Waals surface area contributed by atoms with Gasteiger partial charge in [-0.2, -0.15) is 0 Å². The lowest BCUT2D eigenvalue weighted by molar-refractivity contribution is 0.404. The van der Waals surface area contributed by atoms with Crippen LogP contribution in [0.2, 0.25) is 0 Å². The van der Waals surface area contributed by atoms with Crippen LogP contribution in [0.5, 0.6) is 5.75 Å². The molecule has 0 aliphatic carbocycles. The van der Waals surface area contributed by atoms with E-state index in [1.54, 1.807) is 12.1 Å². The number of benzene rings is 1. The van der Waals surface area contributed by atoms with Crippen LogP contribution in [0.3, 0.4) is 0 Å². The fraction of sp³-hybridized carbons (Fsp3) is 0.167. The first kappa shape index (κ1) is 12.0. The summed E-state index contributed by atoms with van der Waals surface area (Å²) in [7, 11) is 1.35. The summed E-state index contributed by atoms with van der Waals surface area (Å²) in [6.07, 6.45) is 0. The molecule has 90 valence electrons. The molecule has 2 N–H and O–H groups in total. The van der Waals surface area contributed by atoms with Gasteiger partial charge in [0.15, 0.2) is 0 Å². The van der Waals surface area contributed by atoms with E-state index in [1.807, 2.05) is 5.38 Å². The minimum atomic E-state index is -0.791. The van der Waals surface area contributed by atoms with Crippen LogP contribution >= 0.6 is 11.3 Å². The van der Waals surface area contributed by atoms with Crippen molar-refractivity contribution < 1.29 is 13.5 Å². The summed E-state index contributed by atoms with van der Waals surface area (Å²) in [5, 5.41) is 1.81. The smallest absolute Gasteiger partial charge is 0.134 e. The highest BCUT2D eigenvalue weighted by Gasteiger charge is 2.20. The molecule has 17 heavy (non-hydrogen) atoms. The van der Waals surface area contributed by atoms with Crippen molar-refractivity contribution in [2.24, 2.45) is 5.73 Å². The van der Waals surface area contributed by atoms with Gasteiger partial charge in [0.05, 0.1) is 13.2 Å². The summed E-state index contributed by atoms with van der Waals surface area (Å²) in [6, 6.07) is 5.01. The molecule has 0 aliphatic rings. The maximum absolute atomic E-state index is 13.7. The summed E-state index contributed by atoms with van der Waals surface area (Å²) in [5.41, 5.74) is 5.71. The second-order valence-corrected chi connectivity index (χ2v) is 4.48. The average Bonchev–Trinajstić information content (AvgIpc) is 2.81. The van der Waals surface area contributed by atoms with Gasteiger partial charge in [0.1, 0.15) is 17.4 Å². The Bertz CT molecular complexity index is 490. The second kappa shape index (κ2) is 4.81. The van der Waals surface area contributed by atoms with Gasteiger partial charge in [-0.1, -0.05) is 6.07 Å². The Hall–Kier alpha value is -1.46. The molecule has 0 fully saturated rings. The standard InChI is InChI=1S/C12H11F2NOS/c1-16-7-5-8(13)11(9(14)6-7)12(15)10-3-2-4-17-10/h2-6,12H,15H2,1H3/t12-/m0/s1. The molecule has 2 rings (SSSR count). The van der Waals surface area contributed by atoms with Crippen molar-refractivity contribution in [2.45, 2.75) is 6.04 Å². The highest BCUT2D eigenvalue weighted by atomic mass is 32.1. The third-order valence-corrected chi connectivity index (χ3v) is 3.40. The van der Waals surface area contributed by atoms with E-state index in [9.17, 15) is 8.78 Å². The molecule has 0 bridgehead atoms. The summed E-state index contributed by atoms with van der Waals surface area (Å²) in [5.74, 6) is -1.24. The first-order valence-electron chi connectivity index (χ1n) is 4.95. The van der Waals surface area contributed by atoms with Gasteiger partial charge in [-0.25, -0.2) is 8.78 Å². The number of halogens is 2. The molecular formula is C12H11F2NOS. The summed E-state index contributed by atoms with van der Waals surface area (Å²) < 4.78 is 32.3. The Labute approximate surface area is 102 Å². The van der Waals surface area contributed by atoms with Gasteiger partial charge < -0.3 is 10.5 Å². The van der Waals surface area contributed by atoms with Crippen molar-refractivity contribution in [2.75, 3.05) is 7.11 Å². The summed E-state index contributed by atoms with van der Waals surface area (Å²) in [4.78, 5) is 0.716. The fourth-order valence-electron chi connectivity index (χ4n) is 1.59. The van der Waals surface area contributed by atoms with Crippen molar-refractivity contribution in [3.63, 3.8) is 0 Å². The van der Waals surface area contributed by atoms with Crippen molar-refractivity contribution in [1.82, 2.24) is 0 Å². The predicted molar refractivity (Wildman–Crippen MR) is 63.3 cm³/mol. The third-order valence-electron chi connectivity index (χ3n) is 2.45. The topological polar surface area (TPSA) is 35.2 Å². The van der Waals surface area contributed by atoms with E-state index in [-0.39, 0.29) is 11.3 Å². The molecule has 0 spiro atoms. The summed E-state index contributed by atoms with van der Waals surface area (Å²) in [6.45, 7) is 0. The Morgan fingerprint density at radius 3 is 2.41 bits per heavy atom. The van der Waals surface area contributed by atoms with Gasteiger partial charge in [-0.05, 0) is 11.4 Å². The van der Waals surface area contributed by atoms with Crippen molar-refractivity contribution in [1.29, 1.82) is 0 Å². The minimum absolute atomic E-state index is 0.131. The molecule has 0 amide bonds. The van der Waals surface area contributed by atoms with Gasteiger partial charge in [0.2, 0.25) is 0 Å². The zero-order valence-corrected chi connectivity index (χ0v) is 9.93. The largest absolute Gasteiger partial charge is 0.497 e. The van der Waals surface area contributed by atoms with E-state index >= 15 is 0 Å². The molecule has 2 aromatic rings. The van der Waals surface area contributed by atoms with E-state index in [0.29, 0.717) is 4.88 Å². The van der Waals surface area contributed by atoms with Crippen LogP contribution in [0.25, 0.3) is 0 Å².